The van der Waals surface area contributed by atoms with Gasteiger partial charge in [0.2, 0.25) is 0 Å². The highest BCUT2D eigenvalue weighted by Gasteiger charge is 2.29. The van der Waals surface area contributed by atoms with Crippen molar-refractivity contribution in [3.63, 3.8) is 0 Å². The Morgan fingerprint density at radius 1 is 1.00 bits per heavy atom. The molecule has 6 heteroatoms. The monoisotopic (exact) mass is 421 g/mol. The number of anilines is 1. The van der Waals surface area contributed by atoms with Crippen molar-refractivity contribution >= 4 is 37.5 Å². The average molecular weight is 423 g/mol. The van der Waals surface area contributed by atoms with E-state index in [9.17, 15) is 13.2 Å². The van der Waals surface area contributed by atoms with Crippen molar-refractivity contribution in [2.24, 2.45) is 0 Å². The molecule has 2 aromatic rings. The van der Waals surface area contributed by atoms with Crippen LogP contribution in [0.1, 0.15) is 16.7 Å². The van der Waals surface area contributed by atoms with E-state index < -0.39 is 11.7 Å². The molecule has 0 atom stereocenters. The quantitative estimate of drug-likeness (QED) is 0.625. The zero-order valence-electron chi connectivity index (χ0n) is 11.1. The lowest BCUT2D eigenvalue weighted by molar-refractivity contribution is -0.137. The Morgan fingerprint density at radius 2 is 1.52 bits per heavy atom. The van der Waals surface area contributed by atoms with Gasteiger partial charge in [-0.25, -0.2) is 0 Å². The van der Waals surface area contributed by atoms with Crippen molar-refractivity contribution in [1.82, 2.24) is 0 Å². The second-order valence-electron chi connectivity index (χ2n) is 4.65. The maximum atomic E-state index is 12.5. The van der Waals surface area contributed by atoms with Gasteiger partial charge in [-0.3, -0.25) is 0 Å². The first-order chi connectivity index (χ1) is 9.77. The van der Waals surface area contributed by atoms with E-state index in [1.54, 1.807) is 0 Å². The normalized spacial score (nSPS) is 11.5. The van der Waals surface area contributed by atoms with E-state index in [2.05, 4.69) is 37.2 Å². The molecule has 21 heavy (non-hydrogen) atoms. The molecular weight excluding hydrogens is 411 g/mol. The molecule has 112 valence electrons. The number of aryl methyl sites for hydroxylation is 1. The number of rotatable bonds is 3. The van der Waals surface area contributed by atoms with Gasteiger partial charge in [-0.05, 0) is 74.2 Å². The van der Waals surface area contributed by atoms with E-state index in [-0.39, 0.29) is 0 Å². The molecule has 0 aliphatic rings. The van der Waals surface area contributed by atoms with Crippen LogP contribution in [0.2, 0.25) is 0 Å². The molecule has 0 aromatic heterocycles. The summed E-state index contributed by atoms with van der Waals surface area (Å²) in [6.07, 6.45) is -4.30. The van der Waals surface area contributed by atoms with E-state index >= 15 is 0 Å². The van der Waals surface area contributed by atoms with Crippen molar-refractivity contribution in [3.05, 3.63) is 62.0 Å². The van der Waals surface area contributed by atoms with Crippen molar-refractivity contribution in [2.75, 3.05) is 5.32 Å². The number of hydrogen-bond acceptors (Lipinski definition) is 1. The van der Waals surface area contributed by atoms with Crippen molar-refractivity contribution < 1.29 is 13.2 Å². The molecule has 2 aromatic carbocycles. The largest absolute Gasteiger partial charge is 0.416 e. The highest BCUT2D eigenvalue weighted by Crippen LogP contribution is 2.33. The topological polar surface area (TPSA) is 12.0 Å². The van der Waals surface area contributed by atoms with Crippen LogP contribution < -0.4 is 5.32 Å². The van der Waals surface area contributed by atoms with Crippen LogP contribution in [0.15, 0.2) is 45.3 Å². The highest BCUT2D eigenvalue weighted by atomic mass is 79.9. The first-order valence-electron chi connectivity index (χ1n) is 6.13. The Hall–Kier alpha value is -1.01. The summed E-state index contributed by atoms with van der Waals surface area (Å²) in [7, 11) is 0. The second-order valence-corrected chi connectivity index (χ2v) is 6.36. The first-order valence-corrected chi connectivity index (χ1v) is 7.71. The maximum Gasteiger partial charge on any atom is 0.416 e. The van der Waals surface area contributed by atoms with Crippen LogP contribution in [0.25, 0.3) is 0 Å². The van der Waals surface area contributed by atoms with Gasteiger partial charge in [-0.15, -0.1) is 0 Å². The zero-order valence-corrected chi connectivity index (χ0v) is 14.2. The Labute approximate surface area is 137 Å². The molecular formula is C15H12Br2F3N. The van der Waals surface area contributed by atoms with Gasteiger partial charge in [0.05, 0.1) is 11.3 Å². The van der Waals surface area contributed by atoms with Gasteiger partial charge in [-0.1, -0.05) is 12.1 Å². The van der Waals surface area contributed by atoms with Gasteiger partial charge in [0, 0.05) is 15.5 Å². The summed E-state index contributed by atoms with van der Waals surface area (Å²) in [5.41, 5.74) is 2.13. The lowest BCUT2D eigenvalue weighted by atomic mass is 10.1. The summed E-state index contributed by atoms with van der Waals surface area (Å²) < 4.78 is 39.3. The molecule has 0 bridgehead atoms. The molecule has 0 radical (unpaired) electrons. The highest BCUT2D eigenvalue weighted by molar-refractivity contribution is 9.11. The van der Waals surface area contributed by atoms with E-state index in [1.807, 2.05) is 19.1 Å². The van der Waals surface area contributed by atoms with Crippen LogP contribution in [-0.2, 0) is 12.7 Å². The van der Waals surface area contributed by atoms with Crippen LogP contribution >= 0.6 is 31.9 Å². The van der Waals surface area contributed by atoms with Gasteiger partial charge in [0.1, 0.15) is 0 Å². The van der Waals surface area contributed by atoms with Crippen molar-refractivity contribution in [3.8, 4) is 0 Å². The third-order valence-corrected chi connectivity index (χ3v) is 4.19. The van der Waals surface area contributed by atoms with E-state index in [0.29, 0.717) is 6.54 Å². The third kappa shape index (κ3) is 4.23. The minimum Gasteiger partial charge on any atom is -0.379 e. The molecule has 0 heterocycles. The van der Waals surface area contributed by atoms with Crippen LogP contribution in [0.5, 0.6) is 0 Å². The van der Waals surface area contributed by atoms with E-state index in [0.717, 1.165) is 37.9 Å². The summed E-state index contributed by atoms with van der Waals surface area (Å²) in [5.74, 6) is 0. The van der Waals surface area contributed by atoms with Gasteiger partial charge < -0.3 is 5.32 Å². The van der Waals surface area contributed by atoms with Crippen LogP contribution in [-0.4, -0.2) is 0 Å². The molecule has 0 amide bonds. The minimum absolute atomic E-state index is 0.443. The smallest absolute Gasteiger partial charge is 0.379 e. The fraction of sp³-hybridized carbons (Fsp3) is 0.200. The molecule has 1 N–H and O–H groups in total. The molecule has 0 unspecified atom stereocenters. The zero-order chi connectivity index (χ0) is 15.6. The number of benzene rings is 2. The number of halogens is 5. The molecule has 0 saturated carbocycles. The van der Waals surface area contributed by atoms with Gasteiger partial charge >= 0.3 is 6.18 Å². The third-order valence-electron chi connectivity index (χ3n) is 2.94. The Morgan fingerprint density at radius 3 is 2.00 bits per heavy atom. The molecule has 1 nitrogen and oxygen atoms in total. The summed E-state index contributed by atoms with van der Waals surface area (Å²) in [6.45, 7) is 2.42. The molecule has 0 fully saturated rings. The Balaban J connectivity index is 2.10. The number of hydrogen-bond donors (Lipinski definition) is 1. The standard InChI is InChI=1S/C15H12Br2F3N/c1-9-6-12(16)14(13(17)7-9)21-8-10-2-4-11(5-3-10)15(18,19)20/h2-7,21H,8H2,1H3. The SMILES string of the molecule is Cc1cc(Br)c(NCc2ccc(C(F)(F)F)cc2)c(Br)c1. The van der Waals surface area contributed by atoms with Crippen LogP contribution in [0, 0.1) is 6.92 Å². The van der Waals surface area contributed by atoms with E-state index in [1.165, 1.54) is 12.1 Å². The fourth-order valence-corrected chi connectivity index (χ4v) is 3.57. The van der Waals surface area contributed by atoms with Gasteiger partial charge in [0.25, 0.3) is 0 Å². The lowest BCUT2D eigenvalue weighted by Gasteiger charge is -2.13. The van der Waals surface area contributed by atoms with Crippen molar-refractivity contribution in [1.29, 1.82) is 0 Å². The first kappa shape index (κ1) is 16.4. The fourth-order valence-electron chi connectivity index (χ4n) is 1.87. The van der Waals surface area contributed by atoms with Crippen LogP contribution in [0.4, 0.5) is 18.9 Å². The number of alkyl halides is 3. The summed E-state index contributed by atoms with van der Waals surface area (Å²) >= 11 is 6.94. The molecule has 2 rings (SSSR count). The lowest BCUT2D eigenvalue weighted by Crippen LogP contribution is -2.06. The molecule has 0 saturated heterocycles. The number of nitrogens with one attached hydrogen (secondary N) is 1. The predicted octanol–water partition coefficient (Wildman–Crippen LogP) is 6.15. The summed E-state index contributed by atoms with van der Waals surface area (Å²) in [5, 5.41) is 3.21. The van der Waals surface area contributed by atoms with Crippen LogP contribution in [0.3, 0.4) is 0 Å². The Kier molecular flexibility index (Phi) is 4.99. The molecule has 0 aliphatic carbocycles. The summed E-state index contributed by atoms with van der Waals surface area (Å²) in [6, 6.07) is 9.09. The molecule has 0 aliphatic heterocycles. The van der Waals surface area contributed by atoms with Gasteiger partial charge in [0.15, 0.2) is 0 Å². The average Bonchev–Trinajstić information content (AvgIpc) is 2.37. The Bertz CT molecular complexity index is 613. The van der Waals surface area contributed by atoms with Gasteiger partial charge in [-0.2, -0.15) is 13.2 Å². The van der Waals surface area contributed by atoms with E-state index in [4.69, 9.17) is 0 Å². The summed E-state index contributed by atoms with van der Waals surface area (Å²) in [4.78, 5) is 0. The predicted molar refractivity (Wildman–Crippen MR) is 85.3 cm³/mol. The molecule has 0 spiro atoms. The van der Waals surface area contributed by atoms with Crippen molar-refractivity contribution in [2.45, 2.75) is 19.6 Å². The maximum absolute atomic E-state index is 12.5. The second kappa shape index (κ2) is 6.40. The minimum atomic E-state index is -4.30.